The molecule has 6 heteroatoms. The Labute approximate surface area is 113 Å². The van der Waals surface area contributed by atoms with Crippen LogP contribution < -0.4 is 10.9 Å². The first-order valence-electron chi connectivity index (χ1n) is 5.53. The summed E-state index contributed by atoms with van der Waals surface area (Å²) in [6.45, 7) is 10.8. The van der Waals surface area contributed by atoms with Crippen molar-refractivity contribution in [2.75, 3.05) is 0 Å². The van der Waals surface area contributed by atoms with Crippen molar-refractivity contribution in [3.05, 3.63) is 11.2 Å². The number of nitrogens with one attached hydrogen (secondary N) is 2. The van der Waals surface area contributed by atoms with Gasteiger partial charge in [0.15, 0.2) is 5.17 Å². The van der Waals surface area contributed by atoms with Crippen LogP contribution in [0.15, 0.2) is 16.3 Å². The second-order valence-corrected chi connectivity index (χ2v) is 6.87. The molecule has 98 valence electrons. The summed E-state index contributed by atoms with van der Waals surface area (Å²) in [4.78, 5) is 0. The highest BCUT2D eigenvalue weighted by Crippen LogP contribution is 2.27. The first kappa shape index (κ1) is 14.6. The van der Waals surface area contributed by atoms with Gasteiger partial charge >= 0.3 is 0 Å². The quantitative estimate of drug-likeness (QED) is 0.779. The molecule has 1 aliphatic heterocycles. The number of nitrogens with zero attached hydrogens (tertiary/aromatic N) is 2. The standard InChI is InChI=1S/C11H20Cl2N4/c1-10(2,3)7-11(4,5)16-17-14-8(12)6-9(13)15-17/h6,14,16H,7H2,1-5H3. The van der Waals surface area contributed by atoms with E-state index in [0.717, 1.165) is 6.42 Å². The Morgan fingerprint density at radius 3 is 2.35 bits per heavy atom. The highest BCUT2D eigenvalue weighted by atomic mass is 35.5. The van der Waals surface area contributed by atoms with Crippen LogP contribution in [-0.4, -0.2) is 15.9 Å². The molecule has 0 atom stereocenters. The predicted molar refractivity (Wildman–Crippen MR) is 73.5 cm³/mol. The minimum Gasteiger partial charge on any atom is -0.256 e. The van der Waals surface area contributed by atoms with Crippen LogP contribution >= 0.6 is 23.2 Å². The van der Waals surface area contributed by atoms with Crippen LogP contribution in [0.1, 0.15) is 41.0 Å². The van der Waals surface area contributed by atoms with Crippen molar-refractivity contribution in [1.82, 2.24) is 16.1 Å². The van der Waals surface area contributed by atoms with Crippen LogP contribution in [-0.2, 0) is 0 Å². The third-order valence-electron chi connectivity index (χ3n) is 2.03. The summed E-state index contributed by atoms with van der Waals surface area (Å²) in [5, 5.41) is 6.31. The van der Waals surface area contributed by atoms with Crippen molar-refractivity contribution in [3.8, 4) is 0 Å². The molecular weight excluding hydrogens is 259 g/mol. The average molecular weight is 279 g/mol. The summed E-state index contributed by atoms with van der Waals surface area (Å²) in [7, 11) is 0. The van der Waals surface area contributed by atoms with Crippen LogP contribution in [0.25, 0.3) is 0 Å². The molecule has 0 bridgehead atoms. The summed E-state index contributed by atoms with van der Waals surface area (Å²) in [6.07, 6.45) is 2.53. The Kier molecular flexibility index (Phi) is 4.33. The van der Waals surface area contributed by atoms with Gasteiger partial charge in [0.05, 0.1) is 0 Å². The smallest absolute Gasteiger partial charge is 0.155 e. The molecule has 1 rings (SSSR count). The molecule has 1 aliphatic rings. The summed E-state index contributed by atoms with van der Waals surface area (Å²) in [5.41, 5.74) is 6.20. The Balaban J connectivity index is 2.63. The molecule has 0 unspecified atom stereocenters. The van der Waals surface area contributed by atoms with Gasteiger partial charge in [-0.05, 0) is 25.7 Å². The lowest BCUT2D eigenvalue weighted by Crippen LogP contribution is -2.55. The number of hydrazone groups is 1. The molecular formula is C11H20Cl2N4. The Morgan fingerprint density at radius 1 is 1.29 bits per heavy atom. The van der Waals surface area contributed by atoms with E-state index in [4.69, 9.17) is 23.2 Å². The maximum Gasteiger partial charge on any atom is 0.155 e. The van der Waals surface area contributed by atoms with E-state index < -0.39 is 0 Å². The lowest BCUT2D eigenvalue weighted by Gasteiger charge is -2.37. The molecule has 0 spiro atoms. The van der Waals surface area contributed by atoms with Gasteiger partial charge in [-0.2, -0.15) is 5.43 Å². The van der Waals surface area contributed by atoms with Crippen LogP contribution in [0.4, 0.5) is 0 Å². The molecule has 4 nitrogen and oxygen atoms in total. The van der Waals surface area contributed by atoms with E-state index in [0.29, 0.717) is 10.3 Å². The SMILES string of the molecule is CC(C)(C)CC(C)(C)NN1N=C(Cl)C=C(Cl)N1. The maximum atomic E-state index is 5.87. The average Bonchev–Trinajstić information content (AvgIpc) is 1.93. The topological polar surface area (TPSA) is 39.7 Å². The molecule has 0 aromatic rings. The molecule has 0 amide bonds. The minimum absolute atomic E-state index is 0.125. The van der Waals surface area contributed by atoms with Gasteiger partial charge in [0, 0.05) is 11.6 Å². The Morgan fingerprint density at radius 2 is 1.88 bits per heavy atom. The lowest BCUT2D eigenvalue weighted by molar-refractivity contribution is 0.0608. The van der Waals surface area contributed by atoms with Crippen molar-refractivity contribution in [3.63, 3.8) is 0 Å². The third kappa shape index (κ3) is 5.61. The second kappa shape index (κ2) is 5.04. The van der Waals surface area contributed by atoms with Gasteiger partial charge in [-0.1, -0.05) is 44.0 Å². The highest BCUT2D eigenvalue weighted by molar-refractivity contribution is 6.69. The molecule has 0 aromatic carbocycles. The number of hydrazine groups is 2. The zero-order valence-corrected chi connectivity index (χ0v) is 12.4. The summed E-state index contributed by atoms with van der Waals surface area (Å²) in [5.74, 6) is 0. The molecule has 0 aliphatic carbocycles. The van der Waals surface area contributed by atoms with Crippen molar-refractivity contribution in [1.29, 1.82) is 0 Å². The molecule has 0 radical (unpaired) electrons. The van der Waals surface area contributed by atoms with Crippen molar-refractivity contribution in [2.24, 2.45) is 10.5 Å². The zero-order valence-electron chi connectivity index (χ0n) is 10.9. The van der Waals surface area contributed by atoms with Gasteiger partial charge in [0.25, 0.3) is 0 Å². The van der Waals surface area contributed by atoms with E-state index in [2.05, 4.69) is 50.6 Å². The number of rotatable bonds is 3. The van der Waals surface area contributed by atoms with Crippen LogP contribution in [0.3, 0.4) is 0 Å². The van der Waals surface area contributed by atoms with Gasteiger partial charge in [0.1, 0.15) is 5.16 Å². The van der Waals surface area contributed by atoms with Gasteiger partial charge < -0.3 is 0 Å². The van der Waals surface area contributed by atoms with Gasteiger partial charge in [-0.3, -0.25) is 5.43 Å². The van der Waals surface area contributed by atoms with E-state index in [9.17, 15) is 0 Å². The molecule has 0 fully saturated rings. The fourth-order valence-electron chi connectivity index (χ4n) is 2.09. The Bertz CT molecular complexity index is 342. The second-order valence-electron chi connectivity index (χ2n) is 6.07. The van der Waals surface area contributed by atoms with Gasteiger partial charge in [-0.25, -0.2) is 0 Å². The monoisotopic (exact) mass is 278 g/mol. The van der Waals surface area contributed by atoms with E-state index in [1.54, 1.807) is 6.08 Å². The molecule has 1 heterocycles. The first-order valence-corrected chi connectivity index (χ1v) is 6.29. The van der Waals surface area contributed by atoms with Crippen molar-refractivity contribution >= 4 is 28.4 Å². The fraction of sp³-hybridized carbons (Fsp3) is 0.727. The largest absolute Gasteiger partial charge is 0.256 e. The number of hydrogen-bond acceptors (Lipinski definition) is 4. The normalized spacial score (nSPS) is 17.5. The van der Waals surface area contributed by atoms with E-state index in [1.807, 2.05) is 0 Å². The number of hydrogen-bond donors (Lipinski definition) is 2. The first-order chi connectivity index (χ1) is 7.57. The van der Waals surface area contributed by atoms with E-state index >= 15 is 0 Å². The van der Waals surface area contributed by atoms with Crippen LogP contribution in [0.5, 0.6) is 0 Å². The van der Waals surface area contributed by atoms with Crippen molar-refractivity contribution < 1.29 is 0 Å². The fourth-order valence-corrected chi connectivity index (χ4v) is 2.52. The third-order valence-corrected chi connectivity index (χ3v) is 2.41. The van der Waals surface area contributed by atoms with Gasteiger partial charge in [-0.15, -0.1) is 10.3 Å². The Hall–Kier alpha value is -0.450. The van der Waals surface area contributed by atoms with E-state index in [-0.39, 0.29) is 11.0 Å². The molecule has 0 aromatic heterocycles. The summed E-state index contributed by atoms with van der Waals surface area (Å²) >= 11 is 11.7. The maximum absolute atomic E-state index is 5.87. The highest BCUT2D eigenvalue weighted by Gasteiger charge is 2.28. The molecule has 0 saturated heterocycles. The molecule has 2 N–H and O–H groups in total. The predicted octanol–water partition coefficient (Wildman–Crippen LogP) is 3.16. The number of halogens is 2. The van der Waals surface area contributed by atoms with Crippen LogP contribution in [0.2, 0.25) is 0 Å². The zero-order chi connectivity index (χ0) is 13.3. The summed E-state index contributed by atoms with van der Waals surface area (Å²) < 4.78 is 0. The molecule has 0 saturated carbocycles. The lowest BCUT2D eigenvalue weighted by atomic mass is 9.82. The van der Waals surface area contributed by atoms with E-state index in [1.165, 1.54) is 5.23 Å². The summed E-state index contributed by atoms with van der Waals surface area (Å²) in [6, 6.07) is 0. The van der Waals surface area contributed by atoms with Gasteiger partial charge in [0.2, 0.25) is 0 Å². The minimum atomic E-state index is -0.125. The number of allylic oxidation sites excluding steroid dienone is 1. The molecule has 17 heavy (non-hydrogen) atoms. The van der Waals surface area contributed by atoms with Crippen molar-refractivity contribution in [2.45, 2.75) is 46.6 Å². The van der Waals surface area contributed by atoms with Crippen LogP contribution in [0, 0.1) is 5.41 Å².